The number of carbonyl (C=O) groups excluding carboxylic acids is 1. The van der Waals surface area contributed by atoms with Crippen LogP contribution >= 0.6 is 12.2 Å². The quantitative estimate of drug-likeness (QED) is 0.801. The summed E-state index contributed by atoms with van der Waals surface area (Å²) in [5, 5.41) is 5.80. The fourth-order valence-electron chi connectivity index (χ4n) is 1.30. The first-order valence-electron chi connectivity index (χ1n) is 5.99. The molecule has 0 aliphatic rings. The van der Waals surface area contributed by atoms with Crippen LogP contribution in [0.25, 0.3) is 0 Å². The van der Waals surface area contributed by atoms with E-state index in [0.29, 0.717) is 23.8 Å². The number of thiocarbonyl (C=S) groups is 1. The second-order valence-electron chi connectivity index (χ2n) is 3.69. The standard InChI is InChI=1S/C13H18N2O2S/c1-3-9-17-11-7-5-10(6-8-11)12(16)15-13(18)14-4-2/h5-8H,3-4,9H2,1-2H3,(H2,14,15,16,18). The Balaban J connectivity index is 2.56. The smallest absolute Gasteiger partial charge is 0.257 e. The summed E-state index contributed by atoms with van der Waals surface area (Å²) < 4.78 is 5.44. The Kier molecular flexibility index (Phi) is 6.14. The minimum Gasteiger partial charge on any atom is -0.494 e. The van der Waals surface area contributed by atoms with Crippen molar-refractivity contribution in [3.8, 4) is 5.75 Å². The zero-order valence-corrected chi connectivity index (χ0v) is 11.5. The van der Waals surface area contributed by atoms with Crippen molar-refractivity contribution in [1.82, 2.24) is 10.6 Å². The Labute approximate surface area is 113 Å². The van der Waals surface area contributed by atoms with E-state index >= 15 is 0 Å². The van der Waals surface area contributed by atoms with Crippen molar-refractivity contribution in [2.75, 3.05) is 13.2 Å². The maximum atomic E-state index is 11.8. The molecule has 0 unspecified atom stereocenters. The predicted octanol–water partition coefficient (Wildman–Crippen LogP) is 2.10. The van der Waals surface area contributed by atoms with Gasteiger partial charge in [0.15, 0.2) is 5.11 Å². The molecule has 0 aliphatic carbocycles. The van der Waals surface area contributed by atoms with Gasteiger partial charge in [-0.2, -0.15) is 0 Å². The summed E-state index contributed by atoms with van der Waals surface area (Å²) in [5.41, 5.74) is 0.555. The molecule has 4 nitrogen and oxygen atoms in total. The van der Waals surface area contributed by atoms with Crippen LogP contribution in [-0.2, 0) is 0 Å². The third kappa shape index (κ3) is 4.71. The minimum absolute atomic E-state index is 0.219. The molecule has 0 aliphatic heterocycles. The molecule has 1 rings (SSSR count). The number of hydrogen-bond donors (Lipinski definition) is 2. The second kappa shape index (κ2) is 7.66. The SMILES string of the molecule is CCCOc1ccc(C(=O)NC(=S)NCC)cc1. The lowest BCUT2D eigenvalue weighted by Gasteiger charge is -2.08. The third-order valence-corrected chi connectivity index (χ3v) is 2.40. The van der Waals surface area contributed by atoms with Crippen LogP contribution in [-0.4, -0.2) is 24.2 Å². The molecular weight excluding hydrogens is 248 g/mol. The molecule has 98 valence electrons. The fraction of sp³-hybridized carbons (Fsp3) is 0.385. The Bertz CT molecular complexity index is 404. The molecule has 0 saturated carbocycles. The van der Waals surface area contributed by atoms with Crippen molar-refractivity contribution in [1.29, 1.82) is 0 Å². The molecule has 0 heterocycles. The molecule has 2 N–H and O–H groups in total. The summed E-state index contributed by atoms with van der Waals surface area (Å²) in [4.78, 5) is 11.8. The normalized spacial score (nSPS) is 9.67. The van der Waals surface area contributed by atoms with Crippen LogP contribution in [0.15, 0.2) is 24.3 Å². The number of rotatable bonds is 5. The summed E-state index contributed by atoms with van der Waals surface area (Å²) >= 11 is 4.94. The number of amides is 1. The number of benzene rings is 1. The third-order valence-electron chi connectivity index (χ3n) is 2.15. The van der Waals surface area contributed by atoms with E-state index in [1.807, 2.05) is 13.8 Å². The molecule has 0 aromatic heterocycles. The minimum atomic E-state index is -0.219. The highest BCUT2D eigenvalue weighted by Gasteiger charge is 2.07. The largest absolute Gasteiger partial charge is 0.494 e. The highest BCUT2D eigenvalue weighted by Crippen LogP contribution is 2.12. The van der Waals surface area contributed by atoms with Gasteiger partial charge in [-0.15, -0.1) is 0 Å². The second-order valence-corrected chi connectivity index (χ2v) is 4.09. The molecule has 1 aromatic carbocycles. The Morgan fingerprint density at radius 3 is 2.50 bits per heavy atom. The van der Waals surface area contributed by atoms with Gasteiger partial charge in [-0.1, -0.05) is 6.92 Å². The predicted molar refractivity (Wildman–Crippen MR) is 76.0 cm³/mol. The molecule has 0 radical (unpaired) electrons. The molecule has 18 heavy (non-hydrogen) atoms. The van der Waals surface area contributed by atoms with Crippen molar-refractivity contribution in [3.05, 3.63) is 29.8 Å². The van der Waals surface area contributed by atoms with E-state index in [-0.39, 0.29) is 5.91 Å². The van der Waals surface area contributed by atoms with E-state index in [2.05, 4.69) is 10.6 Å². The van der Waals surface area contributed by atoms with Gasteiger partial charge in [-0.3, -0.25) is 10.1 Å². The Hall–Kier alpha value is -1.62. The van der Waals surface area contributed by atoms with Crippen LogP contribution in [0.5, 0.6) is 5.75 Å². The molecular formula is C13H18N2O2S. The van der Waals surface area contributed by atoms with Crippen molar-refractivity contribution in [2.24, 2.45) is 0 Å². The molecule has 5 heteroatoms. The van der Waals surface area contributed by atoms with E-state index in [1.54, 1.807) is 24.3 Å². The molecule has 0 fully saturated rings. The number of carbonyl (C=O) groups is 1. The molecule has 1 aromatic rings. The lowest BCUT2D eigenvalue weighted by molar-refractivity contribution is 0.0976. The van der Waals surface area contributed by atoms with Crippen LogP contribution < -0.4 is 15.4 Å². The average Bonchev–Trinajstić information content (AvgIpc) is 2.37. The van der Waals surface area contributed by atoms with Gasteiger partial charge in [0.2, 0.25) is 0 Å². The van der Waals surface area contributed by atoms with Gasteiger partial charge in [0.05, 0.1) is 6.61 Å². The highest BCUT2D eigenvalue weighted by atomic mass is 32.1. The molecule has 1 amide bonds. The summed E-state index contributed by atoms with van der Waals surface area (Å²) in [6.45, 7) is 5.32. The van der Waals surface area contributed by atoms with Crippen molar-refractivity contribution >= 4 is 23.2 Å². The van der Waals surface area contributed by atoms with Crippen molar-refractivity contribution in [3.63, 3.8) is 0 Å². The van der Waals surface area contributed by atoms with Crippen molar-refractivity contribution in [2.45, 2.75) is 20.3 Å². The fourth-order valence-corrected chi connectivity index (χ4v) is 1.54. The molecule has 0 atom stereocenters. The topological polar surface area (TPSA) is 50.4 Å². The Morgan fingerprint density at radius 2 is 1.94 bits per heavy atom. The first-order chi connectivity index (χ1) is 8.67. The zero-order valence-electron chi connectivity index (χ0n) is 10.7. The molecule has 0 bridgehead atoms. The Morgan fingerprint density at radius 1 is 1.28 bits per heavy atom. The number of ether oxygens (including phenoxy) is 1. The molecule has 0 spiro atoms. The van der Waals surface area contributed by atoms with Gasteiger partial charge in [-0.25, -0.2) is 0 Å². The van der Waals surface area contributed by atoms with Crippen molar-refractivity contribution < 1.29 is 9.53 Å². The van der Waals surface area contributed by atoms with E-state index in [1.165, 1.54) is 0 Å². The van der Waals surface area contributed by atoms with Crippen LogP contribution in [0.2, 0.25) is 0 Å². The first kappa shape index (κ1) is 14.4. The maximum Gasteiger partial charge on any atom is 0.257 e. The summed E-state index contributed by atoms with van der Waals surface area (Å²) in [7, 11) is 0. The summed E-state index contributed by atoms with van der Waals surface area (Å²) in [5.74, 6) is 0.547. The van der Waals surface area contributed by atoms with Crippen LogP contribution in [0.3, 0.4) is 0 Å². The monoisotopic (exact) mass is 266 g/mol. The van der Waals surface area contributed by atoms with Gasteiger partial charge < -0.3 is 10.1 Å². The lowest BCUT2D eigenvalue weighted by Crippen LogP contribution is -2.38. The van der Waals surface area contributed by atoms with Gasteiger partial charge >= 0.3 is 0 Å². The van der Waals surface area contributed by atoms with Crippen LogP contribution in [0.4, 0.5) is 0 Å². The van der Waals surface area contributed by atoms with E-state index in [0.717, 1.165) is 12.2 Å². The first-order valence-corrected chi connectivity index (χ1v) is 6.40. The van der Waals surface area contributed by atoms with Gasteiger partial charge in [0, 0.05) is 12.1 Å². The van der Waals surface area contributed by atoms with Gasteiger partial charge in [-0.05, 0) is 49.8 Å². The van der Waals surface area contributed by atoms with E-state index in [9.17, 15) is 4.79 Å². The number of hydrogen-bond acceptors (Lipinski definition) is 3. The van der Waals surface area contributed by atoms with E-state index in [4.69, 9.17) is 17.0 Å². The summed E-state index contributed by atoms with van der Waals surface area (Å²) in [6.07, 6.45) is 0.958. The van der Waals surface area contributed by atoms with Crippen LogP contribution in [0.1, 0.15) is 30.6 Å². The highest BCUT2D eigenvalue weighted by molar-refractivity contribution is 7.80. The summed E-state index contributed by atoms with van der Waals surface area (Å²) in [6, 6.07) is 6.99. The van der Waals surface area contributed by atoms with Gasteiger partial charge in [0.25, 0.3) is 5.91 Å². The lowest BCUT2D eigenvalue weighted by atomic mass is 10.2. The maximum absolute atomic E-state index is 11.8. The van der Waals surface area contributed by atoms with Gasteiger partial charge in [0.1, 0.15) is 5.75 Å². The zero-order chi connectivity index (χ0) is 13.4. The average molecular weight is 266 g/mol. The van der Waals surface area contributed by atoms with Crippen LogP contribution in [0, 0.1) is 0 Å². The van der Waals surface area contributed by atoms with E-state index < -0.39 is 0 Å². The molecule has 0 saturated heterocycles. The number of nitrogens with one attached hydrogen (secondary N) is 2.